The molecule has 0 radical (unpaired) electrons. The molecular formula is C56H101NO8. The van der Waals surface area contributed by atoms with Crippen LogP contribution in [-0.4, -0.2) is 87.5 Å². The minimum absolute atomic E-state index is 0.192. The van der Waals surface area contributed by atoms with Crippen LogP contribution < -0.4 is 5.32 Å². The maximum absolute atomic E-state index is 13.0. The third-order valence-electron chi connectivity index (χ3n) is 12.5. The lowest BCUT2D eigenvalue weighted by Gasteiger charge is -2.40. The van der Waals surface area contributed by atoms with E-state index >= 15 is 0 Å². The fourth-order valence-electron chi connectivity index (χ4n) is 8.23. The Bertz CT molecular complexity index is 1200. The first-order valence-electron chi connectivity index (χ1n) is 27.0. The first kappa shape index (κ1) is 60.9. The van der Waals surface area contributed by atoms with Gasteiger partial charge in [-0.05, 0) is 70.6 Å². The Hall–Kier alpha value is -2.11. The van der Waals surface area contributed by atoms with Gasteiger partial charge < -0.3 is 40.3 Å². The maximum Gasteiger partial charge on any atom is 0.220 e. The molecule has 0 aromatic heterocycles. The summed E-state index contributed by atoms with van der Waals surface area (Å²) in [5, 5.41) is 54.2. The van der Waals surface area contributed by atoms with Gasteiger partial charge in [-0.2, -0.15) is 0 Å². The van der Waals surface area contributed by atoms with Crippen molar-refractivity contribution in [3.05, 3.63) is 60.8 Å². The highest BCUT2D eigenvalue weighted by Gasteiger charge is 2.44. The van der Waals surface area contributed by atoms with Crippen molar-refractivity contribution in [2.24, 2.45) is 0 Å². The second-order valence-corrected chi connectivity index (χ2v) is 18.6. The number of aliphatic hydroxyl groups is 5. The van der Waals surface area contributed by atoms with Gasteiger partial charge in [-0.1, -0.05) is 216 Å². The molecule has 7 atom stereocenters. The van der Waals surface area contributed by atoms with Crippen molar-refractivity contribution in [3.63, 3.8) is 0 Å². The van der Waals surface area contributed by atoms with Gasteiger partial charge in [-0.25, -0.2) is 0 Å². The Morgan fingerprint density at radius 3 is 1.43 bits per heavy atom. The number of unbranched alkanes of at least 4 members (excludes halogenated alkanes) is 27. The largest absolute Gasteiger partial charge is 0.394 e. The molecule has 1 rings (SSSR count). The number of rotatable bonds is 45. The Balaban J connectivity index is 2.13. The molecule has 1 saturated heterocycles. The standard InChI is InChI=1S/C56H101NO8/c1-3-5-7-9-11-13-15-16-17-18-19-20-21-22-23-24-25-26-27-28-29-30-31-32-33-34-36-38-40-42-44-46-52(60)57-49(48-64-56-55(63)54(62)53(61)51(47-58)65-56)50(59)45-43-41-39-37-35-14-12-10-8-6-4-2/h8,10,15-16,18-19,35,37,43,45,49-51,53-56,58-59,61-63H,3-7,9,11-14,17,20-34,36,38-42,44,46-48H2,1-2H3,(H,57,60)/b10-8+,16-15-,19-18-,37-35+,45-43+. The molecule has 1 heterocycles. The molecule has 7 unspecified atom stereocenters. The number of amides is 1. The summed E-state index contributed by atoms with van der Waals surface area (Å²) >= 11 is 0. The highest BCUT2D eigenvalue weighted by Crippen LogP contribution is 2.23. The number of carbonyl (C=O) groups excluding carboxylic acids is 1. The second kappa shape index (κ2) is 45.7. The number of allylic oxidation sites excluding steroid dienone is 9. The molecule has 1 amide bonds. The van der Waals surface area contributed by atoms with Crippen molar-refractivity contribution >= 4 is 5.91 Å². The lowest BCUT2D eigenvalue weighted by molar-refractivity contribution is -0.302. The molecule has 6 N–H and O–H groups in total. The number of hydrogen-bond donors (Lipinski definition) is 6. The molecule has 0 aliphatic carbocycles. The van der Waals surface area contributed by atoms with Gasteiger partial charge >= 0.3 is 0 Å². The summed E-state index contributed by atoms with van der Waals surface area (Å²) in [6.45, 7) is 3.67. The number of hydrogen-bond acceptors (Lipinski definition) is 8. The quantitative estimate of drug-likeness (QED) is 0.0261. The lowest BCUT2D eigenvalue weighted by Crippen LogP contribution is -2.60. The molecule has 1 aliphatic heterocycles. The van der Waals surface area contributed by atoms with Crippen LogP contribution in [0.4, 0.5) is 0 Å². The maximum atomic E-state index is 13.0. The lowest BCUT2D eigenvalue weighted by atomic mass is 9.99. The van der Waals surface area contributed by atoms with Gasteiger partial charge in [0.1, 0.15) is 24.4 Å². The number of carbonyl (C=O) groups is 1. The van der Waals surface area contributed by atoms with Gasteiger partial charge in [0, 0.05) is 6.42 Å². The highest BCUT2D eigenvalue weighted by molar-refractivity contribution is 5.76. The molecule has 0 saturated carbocycles. The van der Waals surface area contributed by atoms with Crippen molar-refractivity contribution in [1.82, 2.24) is 5.32 Å². The first-order valence-corrected chi connectivity index (χ1v) is 27.0. The summed E-state index contributed by atoms with van der Waals surface area (Å²) in [5.41, 5.74) is 0. The van der Waals surface area contributed by atoms with E-state index in [1.54, 1.807) is 6.08 Å². The van der Waals surface area contributed by atoms with E-state index in [1.807, 2.05) is 6.08 Å². The molecule has 9 heteroatoms. The van der Waals surface area contributed by atoms with Crippen LogP contribution in [0.15, 0.2) is 60.8 Å². The van der Waals surface area contributed by atoms with E-state index in [0.717, 1.165) is 64.2 Å². The normalized spacial score (nSPS) is 20.4. The SMILES string of the molecule is CCC/C=C/CC/C=C/CC/C=C/C(O)C(COC1OC(CO)C(O)C(O)C1O)NC(=O)CCCCCCCCCCCCCCCCCCCCC/C=C\C/C=C\CCCCCCC. The van der Waals surface area contributed by atoms with Crippen LogP contribution in [0.25, 0.3) is 0 Å². The van der Waals surface area contributed by atoms with E-state index in [0.29, 0.717) is 6.42 Å². The van der Waals surface area contributed by atoms with E-state index < -0.39 is 49.5 Å². The Morgan fingerprint density at radius 2 is 0.954 bits per heavy atom. The molecule has 0 spiro atoms. The van der Waals surface area contributed by atoms with Crippen molar-refractivity contribution in [1.29, 1.82) is 0 Å². The van der Waals surface area contributed by atoms with Gasteiger partial charge in [0.05, 0.1) is 25.4 Å². The molecular weight excluding hydrogens is 815 g/mol. The summed E-state index contributed by atoms with van der Waals surface area (Å²) in [6.07, 6.45) is 54.5. The van der Waals surface area contributed by atoms with Gasteiger partial charge in [0.2, 0.25) is 5.91 Å². The van der Waals surface area contributed by atoms with Gasteiger partial charge in [0.15, 0.2) is 6.29 Å². The van der Waals surface area contributed by atoms with E-state index in [-0.39, 0.29) is 12.5 Å². The van der Waals surface area contributed by atoms with Crippen LogP contribution in [0, 0.1) is 0 Å². The first-order chi connectivity index (χ1) is 31.8. The van der Waals surface area contributed by atoms with Gasteiger partial charge in [-0.15, -0.1) is 0 Å². The molecule has 65 heavy (non-hydrogen) atoms. The van der Waals surface area contributed by atoms with Crippen molar-refractivity contribution < 1.29 is 39.8 Å². The molecule has 378 valence electrons. The van der Waals surface area contributed by atoms with Crippen LogP contribution in [-0.2, 0) is 14.3 Å². The van der Waals surface area contributed by atoms with Crippen LogP contribution >= 0.6 is 0 Å². The summed E-state index contributed by atoms with van der Waals surface area (Å²) in [7, 11) is 0. The van der Waals surface area contributed by atoms with E-state index in [9.17, 15) is 30.3 Å². The van der Waals surface area contributed by atoms with Gasteiger partial charge in [0.25, 0.3) is 0 Å². The number of nitrogens with one attached hydrogen (secondary N) is 1. The van der Waals surface area contributed by atoms with Crippen LogP contribution in [0.1, 0.15) is 232 Å². The Kier molecular flexibility index (Phi) is 42.8. The van der Waals surface area contributed by atoms with Crippen molar-refractivity contribution in [2.75, 3.05) is 13.2 Å². The highest BCUT2D eigenvalue weighted by atomic mass is 16.7. The third-order valence-corrected chi connectivity index (χ3v) is 12.5. The topological polar surface area (TPSA) is 149 Å². The smallest absolute Gasteiger partial charge is 0.220 e. The predicted octanol–water partition coefficient (Wildman–Crippen LogP) is 12.7. The van der Waals surface area contributed by atoms with Crippen molar-refractivity contribution in [3.8, 4) is 0 Å². The van der Waals surface area contributed by atoms with E-state index in [4.69, 9.17) is 9.47 Å². The fraction of sp³-hybridized carbons (Fsp3) is 0.804. The number of ether oxygens (including phenoxy) is 2. The fourth-order valence-corrected chi connectivity index (χ4v) is 8.23. The zero-order valence-electron chi connectivity index (χ0n) is 41.7. The third kappa shape index (κ3) is 35.7. The number of aliphatic hydroxyl groups excluding tert-OH is 5. The van der Waals surface area contributed by atoms with Crippen LogP contribution in [0.5, 0.6) is 0 Å². The zero-order valence-corrected chi connectivity index (χ0v) is 41.7. The summed E-state index contributed by atoms with van der Waals surface area (Å²) in [4.78, 5) is 13.0. The average Bonchev–Trinajstić information content (AvgIpc) is 3.31. The van der Waals surface area contributed by atoms with Crippen LogP contribution in [0.2, 0.25) is 0 Å². The van der Waals surface area contributed by atoms with Gasteiger partial charge in [-0.3, -0.25) is 4.79 Å². The minimum Gasteiger partial charge on any atom is -0.394 e. The van der Waals surface area contributed by atoms with E-state index in [1.165, 1.54) is 148 Å². The molecule has 9 nitrogen and oxygen atoms in total. The minimum atomic E-state index is -1.57. The molecule has 0 aromatic carbocycles. The molecule has 0 bridgehead atoms. The second-order valence-electron chi connectivity index (χ2n) is 18.6. The summed E-state index contributed by atoms with van der Waals surface area (Å²) in [6, 6.07) is -0.827. The van der Waals surface area contributed by atoms with Crippen LogP contribution in [0.3, 0.4) is 0 Å². The van der Waals surface area contributed by atoms with E-state index in [2.05, 4.69) is 67.8 Å². The summed E-state index contributed by atoms with van der Waals surface area (Å²) in [5.74, 6) is -0.192. The average molecular weight is 916 g/mol. The Labute approximate surface area is 398 Å². The molecule has 1 fully saturated rings. The monoisotopic (exact) mass is 916 g/mol. The molecule has 0 aromatic rings. The Morgan fingerprint density at radius 1 is 0.523 bits per heavy atom. The predicted molar refractivity (Wildman–Crippen MR) is 272 cm³/mol. The zero-order chi connectivity index (χ0) is 47.3. The van der Waals surface area contributed by atoms with Crippen molar-refractivity contribution in [2.45, 2.75) is 275 Å². The summed E-state index contributed by atoms with van der Waals surface area (Å²) < 4.78 is 11.2. The molecule has 1 aliphatic rings.